The molecule has 0 unspecified atom stereocenters. The first-order valence-corrected chi connectivity index (χ1v) is 4.05. The Kier molecular flexibility index (Phi) is 6.06. The molecule has 0 aromatic carbocycles. The van der Waals surface area contributed by atoms with E-state index in [0.717, 1.165) is 6.61 Å². The molecule has 0 aromatic heterocycles. The maximum atomic E-state index is 5.28. The SMILES string of the molecule is CC.CCOC1CCC1. The quantitative estimate of drug-likeness (QED) is 0.558. The zero-order chi connectivity index (χ0) is 7.11. The lowest BCUT2D eigenvalue weighted by atomic mass is 9.96. The maximum absolute atomic E-state index is 5.28. The van der Waals surface area contributed by atoms with Crippen LogP contribution in [0.4, 0.5) is 0 Å². The third kappa shape index (κ3) is 3.52. The molecule has 0 aliphatic heterocycles. The van der Waals surface area contributed by atoms with Gasteiger partial charge in [0.15, 0.2) is 0 Å². The van der Waals surface area contributed by atoms with Crippen molar-refractivity contribution in [1.82, 2.24) is 0 Å². The van der Waals surface area contributed by atoms with Gasteiger partial charge in [-0.2, -0.15) is 0 Å². The molecule has 0 bridgehead atoms. The highest BCUT2D eigenvalue weighted by Crippen LogP contribution is 2.21. The van der Waals surface area contributed by atoms with Crippen LogP contribution >= 0.6 is 0 Å². The summed E-state index contributed by atoms with van der Waals surface area (Å²) in [5, 5.41) is 0. The molecule has 1 fully saturated rings. The number of ether oxygens (including phenoxy) is 1. The average molecular weight is 130 g/mol. The Morgan fingerprint density at radius 1 is 1.33 bits per heavy atom. The van der Waals surface area contributed by atoms with Crippen molar-refractivity contribution >= 4 is 0 Å². The van der Waals surface area contributed by atoms with Gasteiger partial charge in [0.25, 0.3) is 0 Å². The van der Waals surface area contributed by atoms with Crippen molar-refractivity contribution in [3.8, 4) is 0 Å². The zero-order valence-corrected chi connectivity index (χ0v) is 6.81. The molecule has 1 saturated carbocycles. The van der Waals surface area contributed by atoms with Crippen molar-refractivity contribution in [3.63, 3.8) is 0 Å². The summed E-state index contributed by atoms with van der Waals surface area (Å²) in [5.41, 5.74) is 0. The van der Waals surface area contributed by atoms with E-state index in [0.29, 0.717) is 6.10 Å². The molecule has 0 atom stereocenters. The van der Waals surface area contributed by atoms with Crippen LogP contribution in [0, 0.1) is 0 Å². The highest BCUT2D eigenvalue weighted by molar-refractivity contribution is 4.68. The van der Waals surface area contributed by atoms with Gasteiger partial charge >= 0.3 is 0 Å². The molecule has 0 radical (unpaired) electrons. The summed E-state index contributed by atoms with van der Waals surface area (Å²) in [7, 11) is 0. The molecule has 0 heterocycles. The van der Waals surface area contributed by atoms with Crippen LogP contribution in [0.25, 0.3) is 0 Å². The topological polar surface area (TPSA) is 9.23 Å². The molecule has 1 nitrogen and oxygen atoms in total. The summed E-state index contributed by atoms with van der Waals surface area (Å²) in [6.07, 6.45) is 4.61. The van der Waals surface area contributed by atoms with Crippen molar-refractivity contribution in [1.29, 1.82) is 0 Å². The Bertz CT molecular complexity index is 48.5. The normalized spacial score (nSPS) is 17.7. The van der Waals surface area contributed by atoms with E-state index in [1.165, 1.54) is 19.3 Å². The molecule has 0 spiro atoms. The van der Waals surface area contributed by atoms with Crippen LogP contribution in [-0.4, -0.2) is 12.7 Å². The first-order valence-electron chi connectivity index (χ1n) is 4.05. The summed E-state index contributed by atoms with van der Waals surface area (Å²) in [6, 6.07) is 0. The molecule has 0 saturated heterocycles. The minimum Gasteiger partial charge on any atom is -0.379 e. The van der Waals surface area contributed by atoms with Gasteiger partial charge < -0.3 is 4.74 Å². The second-order valence-corrected chi connectivity index (χ2v) is 2.01. The third-order valence-electron chi connectivity index (χ3n) is 1.45. The predicted octanol–water partition coefficient (Wildman–Crippen LogP) is 2.60. The van der Waals surface area contributed by atoms with Gasteiger partial charge in [0.1, 0.15) is 0 Å². The van der Waals surface area contributed by atoms with Crippen LogP contribution in [0.3, 0.4) is 0 Å². The fourth-order valence-corrected chi connectivity index (χ4v) is 0.773. The molecule has 1 aliphatic rings. The van der Waals surface area contributed by atoms with Gasteiger partial charge in [-0.1, -0.05) is 13.8 Å². The molecule has 9 heavy (non-hydrogen) atoms. The van der Waals surface area contributed by atoms with Crippen molar-refractivity contribution in [2.24, 2.45) is 0 Å². The Hall–Kier alpha value is -0.0400. The smallest absolute Gasteiger partial charge is 0.0575 e. The highest BCUT2D eigenvalue weighted by atomic mass is 16.5. The molecule has 0 amide bonds. The van der Waals surface area contributed by atoms with Gasteiger partial charge in [-0.05, 0) is 26.2 Å². The lowest BCUT2D eigenvalue weighted by Crippen LogP contribution is -2.20. The van der Waals surface area contributed by atoms with Crippen LogP contribution in [0.5, 0.6) is 0 Å². The van der Waals surface area contributed by atoms with Gasteiger partial charge in [-0.25, -0.2) is 0 Å². The van der Waals surface area contributed by atoms with E-state index in [4.69, 9.17) is 4.74 Å². The van der Waals surface area contributed by atoms with E-state index in [1.54, 1.807) is 0 Å². The van der Waals surface area contributed by atoms with E-state index >= 15 is 0 Å². The molecule has 1 rings (SSSR count). The average Bonchev–Trinajstić information content (AvgIpc) is 1.84. The summed E-state index contributed by atoms with van der Waals surface area (Å²) in [6.45, 7) is 6.95. The number of hydrogen-bond donors (Lipinski definition) is 0. The lowest BCUT2D eigenvalue weighted by Gasteiger charge is -2.24. The second kappa shape index (κ2) is 6.09. The third-order valence-corrected chi connectivity index (χ3v) is 1.45. The van der Waals surface area contributed by atoms with Crippen molar-refractivity contribution in [2.75, 3.05) is 6.61 Å². The zero-order valence-electron chi connectivity index (χ0n) is 6.81. The highest BCUT2D eigenvalue weighted by Gasteiger charge is 2.15. The molecule has 0 aromatic rings. The van der Waals surface area contributed by atoms with Gasteiger partial charge in [0.2, 0.25) is 0 Å². The molecule has 56 valence electrons. The van der Waals surface area contributed by atoms with Crippen molar-refractivity contribution in [2.45, 2.75) is 46.1 Å². The molecule has 1 aliphatic carbocycles. The molecular formula is C8H18O. The monoisotopic (exact) mass is 130 g/mol. The summed E-state index contributed by atoms with van der Waals surface area (Å²) in [5.74, 6) is 0. The van der Waals surface area contributed by atoms with Crippen LogP contribution in [0.2, 0.25) is 0 Å². The fourth-order valence-electron chi connectivity index (χ4n) is 0.773. The largest absolute Gasteiger partial charge is 0.379 e. The predicted molar refractivity (Wildman–Crippen MR) is 40.6 cm³/mol. The van der Waals surface area contributed by atoms with E-state index in [9.17, 15) is 0 Å². The number of hydrogen-bond acceptors (Lipinski definition) is 1. The Balaban J connectivity index is 0.000000291. The van der Waals surface area contributed by atoms with Crippen LogP contribution < -0.4 is 0 Å². The maximum Gasteiger partial charge on any atom is 0.0575 e. The van der Waals surface area contributed by atoms with Crippen molar-refractivity contribution in [3.05, 3.63) is 0 Å². The lowest BCUT2D eigenvalue weighted by molar-refractivity contribution is 0.00995. The molecule has 0 N–H and O–H groups in total. The summed E-state index contributed by atoms with van der Waals surface area (Å²) < 4.78 is 5.28. The minimum atomic E-state index is 0.630. The van der Waals surface area contributed by atoms with E-state index in [1.807, 2.05) is 13.8 Å². The Morgan fingerprint density at radius 3 is 2.00 bits per heavy atom. The number of rotatable bonds is 2. The van der Waals surface area contributed by atoms with Crippen LogP contribution in [0.15, 0.2) is 0 Å². The summed E-state index contributed by atoms with van der Waals surface area (Å²) >= 11 is 0. The van der Waals surface area contributed by atoms with Crippen molar-refractivity contribution < 1.29 is 4.74 Å². The second-order valence-electron chi connectivity index (χ2n) is 2.01. The van der Waals surface area contributed by atoms with E-state index in [-0.39, 0.29) is 0 Å². The van der Waals surface area contributed by atoms with Gasteiger partial charge in [-0.15, -0.1) is 0 Å². The summed E-state index contributed by atoms with van der Waals surface area (Å²) in [4.78, 5) is 0. The van der Waals surface area contributed by atoms with Crippen LogP contribution in [0.1, 0.15) is 40.0 Å². The minimum absolute atomic E-state index is 0.630. The molecule has 1 heteroatoms. The fraction of sp³-hybridized carbons (Fsp3) is 1.00. The molecular weight excluding hydrogens is 112 g/mol. The Labute approximate surface area is 58.4 Å². The van der Waals surface area contributed by atoms with Crippen LogP contribution in [-0.2, 0) is 4.74 Å². The Morgan fingerprint density at radius 2 is 1.89 bits per heavy atom. The standard InChI is InChI=1S/C6H12O.C2H6/c1-2-7-6-4-3-5-6;1-2/h6H,2-5H2,1H3;1-2H3. The van der Waals surface area contributed by atoms with E-state index in [2.05, 4.69) is 6.92 Å². The van der Waals surface area contributed by atoms with Gasteiger partial charge in [-0.3, -0.25) is 0 Å². The first kappa shape index (κ1) is 8.96. The first-order chi connectivity index (χ1) is 4.43. The van der Waals surface area contributed by atoms with Gasteiger partial charge in [0.05, 0.1) is 6.10 Å². The van der Waals surface area contributed by atoms with E-state index < -0.39 is 0 Å². The van der Waals surface area contributed by atoms with Gasteiger partial charge in [0, 0.05) is 6.61 Å².